The third-order valence-corrected chi connectivity index (χ3v) is 3.78. The number of hydrogen-bond donors (Lipinski definition) is 1. The van der Waals surface area contributed by atoms with Crippen LogP contribution in [0.2, 0.25) is 0 Å². The van der Waals surface area contributed by atoms with Gasteiger partial charge in [-0.2, -0.15) is 13.2 Å². The van der Waals surface area contributed by atoms with Crippen LogP contribution in [-0.4, -0.2) is 67.1 Å². The first-order valence-corrected chi connectivity index (χ1v) is 7.27. The Balaban J connectivity index is 2.58. The van der Waals surface area contributed by atoms with Gasteiger partial charge in [0.05, 0.1) is 0 Å². The predicted molar refractivity (Wildman–Crippen MR) is 76.1 cm³/mol. The number of nitrogens with one attached hydrogen (secondary N) is 1. The summed E-state index contributed by atoms with van der Waals surface area (Å²) < 4.78 is 36.9. The highest BCUT2D eigenvalue weighted by molar-refractivity contribution is 5.92. The summed E-state index contributed by atoms with van der Waals surface area (Å²) >= 11 is 0. The van der Waals surface area contributed by atoms with E-state index in [2.05, 4.69) is 4.90 Å². The molecular formula is C14H24F3N3O2. The molecule has 2 amide bonds. The molecule has 0 aromatic heterocycles. The molecule has 8 heteroatoms. The van der Waals surface area contributed by atoms with Gasteiger partial charge in [0.1, 0.15) is 5.54 Å². The van der Waals surface area contributed by atoms with Gasteiger partial charge in [-0.15, -0.1) is 0 Å². The van der Waals surface area contributed by atoms with Crippen molar-refractivity contribution in [3.8, 4) is 0 Å². The van der Waals surface area contributed by atoms with Crippen LogP contribution in [0.4, 0.5) is 13.2 Å². The molecule has 5 nitrogen and oxygen atoms in total. The first-order chi connectivity index (χ1) is 9.93. The highest BCUT2D eigenvalue weighted by atomic mass is 19.4. The average molecular weight is 323 g/mol. The number of hydrogen-bond acceptors (Lipinski definition) is 3. The lowest BCUT2D eigenvalue weighted by molar-refractivity contribution is -0.176. The predicted octanol–water partition coefficient (Wildman–Crippen LogP) is 1.24. The van der Waals surface area contributed by atoms with Crippen molar-refractivity contribution in [1.82, 2.24) is 15.1 Å². The van der Waals surface area contributed by atoms with Crippen molar-refractivity contribution >= 4 is 11.8 Å². The van der Waals surface area contributed by atoms with Gasteiger partial charge in [-0.3, -0.25) is 9.59 Å². The molecule has 0 bridgehead atoms. The van der Waals surface area contributed by atoms with E-state index in [1.54, 1.807) is 5.32 Å². The van der Waals surface area contributed by atoms with Gasteiger partial charge in [0.2, 0.25) is 5.91 Å². The zero-order valence-corrected chi connectivity index (χ0v) is 13.5. The highest BCUT2D eigenvalue weighted by Crippen LogP contribution is 2.23. The summed E-state index contributed by atoms with van der Waals surface area (Å²) in [6.45, 7) is 4.54. The summed E-state index contributed by atoms with van der Waals surface area (Å²) in [6, 6.07) is 0. The molecule has 1 fully saturated rings. The summed E-state index contributed by atoms with van der Waals surface area (Å²) in [4.78, 5) is 27.0. The molecule has 128 valence electrons. The standard InChI is InChI=1S/C14H24F3N3O2/c1-13(2,18-11(21)14(15,16)17)12(22)20-8-6-10(9-20)5-7-19(3)4/h10H,5-9H2,1-4H3,(H,18,21). The zero-order valence-electron chi connectivity index (χ0n) is 13.5. The summed E-state index contributed by atoms with van der Waals surface area (Å²) in [6.07, 6.45) is -3.22. The van der Waals surface area contributed by atoms with Gasteiger partial charge in [-0.1, -0.05) is 0 Å². The average Bonchev–Trinajstić information content (AvgIpc) is 2.82. The molecule has 1 aliphatic rings. The lowest BCUT2D eigenvalue weighted by Crippen LogP contribution is -2.58. The molecule has 0 aromatic rings. The van der Waals surface area contributed by atoms with E-state index in [-0.39, 0.29) is 0 Å². The SMILES string of the molecule is CN(C)CCC1CCN(C(=O)C(C)(C)NC(=O)C(F)(F)F)C1. The molecule has 1 N–H and O–H groups in total. The topological polar surface area (TPSA) is 52.6 Å². The van der Waals surface area contributed by atoms with Crippen LogP contribution in [0.5, 0.6) is 0 Å². The third kappa shape index (κ3) is 5.15. The van der Waals surface area contributed by atoms with Crippen molar-refractivity contribution in [2.45, 2.75) is 38.4 Å². The van der Waals surface area contributed by atoms with E-state index in [0.29, 0.717) is 19.0 Å². The highest BCUT2D eigenvalue weighted by Gasteiger charge is 2.45. The molecule has 0 saturated carbocycles. The fourth-order valence-corrected chi connectivity index (χ4v) is 2.50. The molecule has 1 heterocycles. The van der Waals surface area contributed by atoms with E-state index in [9.17, 15) is 22.8 Å². The molecule has 0 aromatic carbocycles. The van der Waals surface area contributed by atoms with Crippen LogP contribution in [0.25, 0.3) is 0 Å². The van der Waals surface area contributed by atoms with Crippen LogP contribution in [0, 0.1) is 5.92 Å². The van der Waals surface area contributed by atoms with Gasteiger partial charge in [0.15, 0.2) is 0 Å². The van der Waals surface area contributed by atoms with Gasteiger partial charge >= 0.3 is 12.1 Å². The van der Waals surface area contributed by atoms with Crippen LogP contribution in [-0.2, 0) is 9.59 Å². The number of amides is 2. The quantitative estimate of drug-likeness (QED) is 0.828. The largest absolute Gasteiger partial charge is 0.471 e. The molecule has 1 saturated heterocycles. The minimum atomic E-state index is -4.99. The van der Waals surface area contributed by atoms with Crippen molar-refractivity contribution < 1.29 is 22.8 Å². The second-order valence-electron chi connectivity index (χ2n) is 6.57. The fraction of sp³-hybridized carbons (Fsp3) is 0.857. The fourth-order valence-electron chi connectivity index (χ4n) is 2.50. The van der Waals surface area contributed by atoms with E-state index in [0.717, 1.165) is 19.4 Å². The molecule has 0 aliphatic carbocycles. The van der Waals surface area contributed by atoms with Crippen LogP contribution in [0.3, 0.4) is 0 Å². The third-order valence-electron chi connectivity index (χ3n) is 3.78. The van der Waals surface area contributed by atoms with Gasteiger partial charge in [-0.25, -0.2) is 0 Å². The molecule has 1 unspecified atom stereocenters. The van der Waals surface area contributed by atoms with Crippen LogP contribution < -0.4 is 5.32 Å². The maximum absolute atomic E-state index is 12.3. The number of alkyl halides is 3. The van der Waals surface area contributed by atoms with Crippen LogP contribution in [0.15, 0.2) is 0 Å². The minimum Gasteiger partial charge on any atom is -0.340 e. The van der Waals surface area contributed by atoms with Gasteiger partial charge < -0.3 is 15.1 Å². The molecule has 0 spiro atoms. The Morgan fingerprint density at radius 2 is 1.86 bits per heavy atom. The van der Waals surface area contributed by atoms with Crippen molar-refractivity contribution in [3.05, 3.63) is 0 Å². The molecular weight excluding hydrogens is 299 g/mol. The molecule has 0 radical (unpaired) electrons. The molecule has 1 atom stereocenters. The Bertz CT molecular complexity index is 422. The number of rotatable bonds is 5. The second kappa shape index (κ2) is 6.85. The van der Waals surface area contributed by atoms with E-state index < -0.39 is 23.5 Å². The molecule has 1 aliphatic heterocycles. The maximum Gasteiger partial charge on any atom is 0.471 e. The normalized spacial score (nSPS) is 19.6. The Morgan fingerprint density at radius 1 is 1.27 bits per heavy atom. The van der Waals surface area contributed by atoms with Gasteiger partial charge in [0, 0.05) is 13.1 Å². The van der Waals surface area contributed by atoms with E-state index in [4.69, 9.17) is 0 Å². The van der Waals surface area contributed by atoms with Crippen molar-refractivity contribution in [1.29, 1.82) is 0 Å². The van der Waals surface area contributed by atoms with Gasteiger partial charge in [0.25, 0.3) is 0 Å². The first kappa shape index (κ1) is 18.7. The van der Waals surface area contributed by atoms with Crippen molar-refractivity contribution in [2.24, 2.45) is 5.92 Å². The van der Waals surface area contributed by atoms with E-state index in [1.807, 2.05) is 14.1 Å². The monoisotopic (exact) mass is 323 g/mol. The van der Waals surface area contributed by atoms with Gasteiger partial charge in [-0.05, 0) is 53.2 Å². The lowest BCUT2D eigenvalue weighted by Gasteiger charge is -2.30. The van der Waals surface area contributed by atoms with E-state index in [1.165, 1.54) is 18.7 Å². The smallest absolute Gasteiger partial charge is 0.340 e. The number of nitrogens with zero attached hydrogens (tertiary/aromatic N) is 2. The maximum atomic E-state index is 12.3. The Kier molecular flexibility index (Phi) is 5.83. The summed E-state index contributed by atoms with van der Waals surface area (Å²) in [7, 11) is 3.93. The van der Waals surface area contributed by atoms with Crippen molar-refractivity contribution in [2.75, 3.05) is 33.7 Å². The summed E-state index contributed by atoms with van der Waals surface area (Å²) in [5.41, 5.74) is -1.57. The zero-order chi connectivity index (χ0) is 17.1. The van der Waals surface area contributed by atoms with E-state index >= 15 is 0 Å². The van der Waals surface area contributed by atoms with Crippen molar-refractivity contribution in [3.63, 3.8) is 0 Å². The Hall–Kier alpha value is -1.31. The molecule has 22 heavy (non-hydrogen) atoms. The van der Waals surface area contributed by atoms with Crippen LogP contribution in [0.1, 0.15) is 26.7 Å². The number of carbonyl (C=O) groups is 2. The first-order valence-electron chi connectivity index (χ1n) is 7.27. The number of halogens is 3. The summed E-state index contributed by atoms with van der Waals surface area (Å²) in [5.74, 6) is -2.22. The Labute approximate surface area is 128 Å². The number of carbonyl (C=O) groups excluding carboxylic acids is 2. The minimum absolute atomic E-state index is 0.348. The number of likely N-dealkylation sites (tertiary alicyclic amines) is 1. The summed E-state index contributed by atoms with van der Waals surface area (Å²) in [5, 5.41) is 1.77. The lowest BCUT2D eigenvalue weighted by atomic mass is 10.0. The Morgan fingerprint density at radius 3 is 2.36 bits per heavy atom. The van der Waals surface area contributed by atoms with Crippen LogP contribution >= 0.6 is 0 Å². The molecule has 1 rings (SSSR count). The second-order valence-corrected chi connectivity index (χ2v) is 6.57.